The molecule has 0 atom stereocenters. The molecule has 19 heavy (non-hydrogen) atoms. The lowest BCUT2D eigenvalue weighted by atomic mass is 9.85. The van der Waals surface area contributed by atoms with Gasteiger partial charge < -0.3 is 5.32 Å². The van der Waals surface area contributed by atoms with Crippen LogP contribution in [0.15, 0.2) is 11.6 Å². The van der Waals surface area contributed by atoms with Crippen molar-refractivity contribution in [3.8, 4) is 0 Å². The van der Waals surface area contributed by atoms with Gasteiger partial charge in [0.25, 0.3) is 0 Å². The fraction of sp³-hybridized carbons (Fsp3) is 0.867. The van der Waals surface area contributed by atoms with Crippen LogP contribution in [-0.2, 0) is 0 Å². The molecule has 110 valence electrons. The number of nitrogens with one attached hydrogen (secondary N) is 1. The fourth-order valence-electron chi connectivity index (χ4n) is 3.19. The molecule has 2 aliphatic carbocycles. The maximum absolute atomic E-state index is 12.5. The van der Waals surface area contributed by atoms with E-state index in [1.807, 2.05) is 0 Å². The van der Waals surface area contributed by atoms with Crippen molar-refractivity contribution in [1.29, 1.82) is 0 Å². The first-order chi connectivity index (χ1) is 9.05. The van der Waals surface area contributed by atoms with Crippen molar-refractivity contribution in [2.75, 3.05) is 6.54 Å². The SMILES string of the molecule is FC(F)(F)C1CCC(NCCC2=CCCCC2)CC1. The summed E-state index contributed by atoms with van der Waals surface area (Å²) < 4.78 is 37.6. The van der Waals surface area contributed by atoms with Crippen LogP contribution in [0.4, 0.5) is 13.2 Å². The quantitative estimate of drug-likeness (QED) is 0.740. The fourth-order valence-corrected chi connectivity index (χ4v) is 3.19. The Hall–Kier alpha value is -0.510. The van der Waals surface area contributed by atoms with Crippen LogP contribution < -0.4 is 5.32 Å². The number of halogens is 3. The molecule has 0 amide bonds. The van der Waals surface area contributed by atoms with Gasteiger partial charge >= 0.3 is 6.18 Å². The van der Waals surface area contributed by atoms with Gasteiger partial charge in [-0.2, -0.15) is 13.2 Å². The molecule has 0 aromatic rings. The first-order valence-electron chi connectivity index (χ1n) is 7.53. The molecule has 4 heteroatoms. The Morgan fingerprint density at radius 2 is 1.84 bits per heavy atom. The van der Waals surface area contributed by atoms with E-state index in [0.717, 1.165) is 13.0 Å². The van der Waals surface area contributed by atoms with E-state index in [2.05, 4.69) is 11.4 Å². The molecule has 0 aromatic heterocycles. The van der Waals surface area contributed by atoms with Crippen molar-refractivity contribution in [3.63, 3.8) is 0 Å². The predicted octanol–water partition coefficient (Wildman–Crippen LogP) is 4.59. The summed E-state index contributed by atoms with van der Waals surface area (Å²) in [6, 6.07) is 0.294. The molecule has 0 bridgehead atoms. The van der Waals surface area contributed by atoms with Crippen molar-refractivity contribution in [2.24, 2.45) is 5.92 Å². The summed E-state index contributed by atoms with van der Waals surface area (Å²) in [5.74, 6) is -1.06. The van der Waals surface area contributed by atoms with Gasteiger partial charge in [-0.25, -0.2) is 0 Å². The molecule has 2 aliphatic rings. The Balaban J connectivity index is 1.62. The lowest BCUT2D eigenvalue weighted by Gasteiger charge is -2.30. The topological polar surface area (TPSA) is 12.0 Å². The second-order valence-electron chi connectivity index (χ2n) is 5.90. The molecule has 0 aromatic carbocycles. The van der Waals surface area contributed by atoms with Crippen molar-refractivity contribution in [2.45, 2.75) is 70.0 Å². The standard InChI is InChI=1S/C15H24F3N/c16-15(17,18)13-6-8-14(9-7-13)19-11-10-12-4-2-1-3-5-12/h4,13-14,19H,1-3,5-11H2. The van der Waals surface area contributed by atoms with Gasteiger partial charge in [0, 0.05) is 6.04 Å². The summed E-state index contributed by atoms with van der Waals surface area (Å²) in [5, 5.41) is 3.43. The van der Waals surface area contributed by atoms with Crippen LogP contribution in [-0.4, -0.2) is 18.8 Å². The average molecular weight is 275 g/mol. The van der Waals surface area contributed by atoms with Gasteiger partial charge in [0.15, 0.2) is 0 Å². The summed E-state index contributed by atoms with van der Waals surface area (Å²) in [6.07, 6.45) is 6.36. The van der Waals surface area contributed by atoms with Crippen molar-refractivity contribution in [1.82, 2.24) is 5.32 Å². The average Bonchev–Trinajstić information content (AvgIpc) is 2.39. The Bertz CT molecular complexity index is 301. The highest BCUT2D eigenvalue weighted by Gasteiger charge is 2.41. The van der Waals surface area contributed by atoms with E-state index in [0.29, 0.717) is 31.7 Å². The lowest BCUT2D eigenvalue weighted by molar-refractivity contribution is -0.182. The third-order valence-electron chi connectivity index (χ3n) is 4.45. The molecule has 0 spiro atoms. The zero-order valence-electron chi connectivity index (χ0n) is 11.4. The third-order valence-corrected chi connectivity index (χ3v) is 4.45. The van der Waals surface area contributed by atoms with E-state index in [9.17, 15) is 13.2 Å². The molecule has 2 rings (SSSR count). The van der Waals surface area contributed by atoms with Gasteiger partial charge in [0.1, 0.15) is 0 Å². The lowest BCUT2D eigenvalue weighted by Crippen LogP contribution is -2.37. The largest absolute Gasteiger partial charge is 0.391 e. The molecule has 1 fully saturated rings. The number of allylic oxidation sites excluding steroid dienone is 1. The van der Waals surface area contributed by atoms with Crippen LogP contribution >= 0.6 is 0 Å². The van der Waals surface area contributed by atoms with Gasteiger partial charge in [-0.15, -0.1) is 0 Å². The van der Waals surface area contributed by atoms with E-state index in [1.54, 1.807) is 0 Å². The molecule has 0 heterocycles. The third kappa shape index (κ3) is 4.83. The van der Waals surface area contributed by atoms with Crippen molar-refractivity contribution in [3.05, 3.63) is 11.6 Å². The maximum atomic E-state index is 12.5. The van der Waals surface area contributed by atoms with Crippen LogP contribution in [0.1, 0.15) is 57.8 Å². The number of hydrogen-bond acceptors (Lipinski definition) is 1. The Morgan fingerprint density at radius 3 is 2.42 bits per heavy atom. The molecule has 1 N–H and O–H groups in total. The molecule has 1 nitrogen and oxygen atoms in total. The van der Waals surface area contributed by atoms with Crippen LogP contribution in [0.2, 0.25) is 0 Å². The highest BCUT2D eigenvalue weighted by atomic mass is 19.4. The van der Waals surface area contributed by atoms with Crippen molar-refractivity contribution < 1.29 is 13.2 Å². The van der Waals surface area contributed by atoms with Gasteiger partial charge in [0.05, 0.1) is 5.92 Å². The summed E-state index contributed by atoms with van der Waals surface area (Å²) >= 11 is 0. The minimum Gasteiger partial charge on any atom is -0.314 e. The molecule has 1 saturated carbocycles. The van der Waals surface area contributed by atoms with E-state index in [4.69, 9.17) is 0 Å². The molecule has 0 aliphatic heterocycles. The van der Waals surface area contributed by atoms with Gasteiger partial charge in [-0.3, -0.25) is 0 Å². The predicted molar refractivity (Wildman–Crippen MR) is 71.0 cm³/mol. The second kappa shape index (κ2) is 6.78. The Kier molecular flexibility index (Phi) is 5.31. The van der Waals surface area contributed by atoms with E-state index < -0.39 is 12.1 Å². The number of rotatable bonds is 4. The monoisotopic (exact) mass is 275 g/mol. The van der Waals surface area contributed by atoms with Gasteiger partial charge in [-0.05, 0) is 64.3 Å². The van der Waals surface area contributed by atoms with E-state index in [-0.39, 0.29) is 0 Å². The first-order valence-corrected chi connectivity index (χ1v) is 7.53. The molecular formula is C15H24F3N. The molecule has 0 unspecified atom stereocenters. The summed E-state index contributed by atoms with van der Waals surface area (Å²) in [4.78, 5) is 0. The summed E-state index contributed by atoms with van der Waals surface area (Å²) in [6.45, 7) is 0.924. The number of hydrogen-bond donors (Lipinski definition) is 1. The van der Waals surface area contributed by atoms with Crippen LogP contribution in [0.25, 0.3) is 0 Å². The van der Waals surface area contributed by atoms with Gasteiger partial charge in [0.2, 0.25) is 0 Å². The highest BCUT2D eigenvalue weighted by Crippen LogP contribution is 2.37. The van der Waals surface area contributed by atoms with Crippen LogP contribution in [0.3, 0.4) is 0 Å². The molecule has 0 radical (unpaired) electrons. The van der Waals surface area contributed by atoms with Gasteiger partial charge in [-0.1, -0.05) is 11.6 Å². The maximum Gasteiger partial charge on any atom is 0.391 e. The summed E-state index contributed by atoms with van der Waals surface area (Å²) in [7, 11) is 0. The Labute approximate surface area is 113 Å². The Morgan fingerprint density at radius 1 is 1.11 bits per heavy atom. The molecular weight excluding hydrogens is 251 g/mol. The summed E-state index contributed by atoms with van der Waals surface area (Å²) in [5.41, 5.74) is 1.53. The van der Waals surface area contributed by atoms with E-state index in [1.165, 1.54) is 31.3 Å². The highest BCUT2D eigenvalue weighted by molar-refractivity contribution is 5.05. The smallest absolute Gasteiger partial charge is 0.314 e. The minimum absolute atomic E-state index is 0.294. The minimum atomic E-state index is -3.99. The zero-order valence-corrected chi connectivity index (χ0v) is 11.4. The zero-order chi connectivity index (χ0) is 13.7. The number of alkyl halides is 3. The van der Waals surface area contributed by atoms with Crippen molar-refractivity contribution >= 4 is 0 Å². The first kappa shape index (κ1) is 14.9. The normalized spacial score (nSPS) is 29.1. The van der Waals surface area contributed by atoms with Crippen LogP contribution in [0.5, 0.6) is 0 Å². The van der Waals surface area contributed by atoms with E-state index >= 15 is 0 Å². The van der Waals surface area contributed by atoms with Crippen LogP contribution in [0, 0.1) is 5.92 Å². The second-order valence-corrected chi connectivity index (χ2v) is 5.90. The molecule has 0 saturated heterocycles.